The van der Waals surface area contributed by atoms with Crippen LogP contribution in [0.4, 0.5) is 0 Å². The summed E-state index contributed by atoms with van der Waals surface area (Å²) in [6.07, 6.45) is 3.57. The van der Waals surface area contributed by atoms with Gasteiger partial charge in [-0.1, -0.05) is 99.1 Å². The van der Waals surface area contributed by atoms with Crippen molar-refractivity contribution in [3.63, 3.8) is 0 Å². The van der Waals surface area contributed by atoms with Gasteiger partial charge in [-0.3, -0.25) is 0 Å². The zero-order chi connectivity index (χ0) is 30.0. The summed E-state index contributed by atoms with van der Waals surface area (Å²) in [6.45, 7) is 2.46. The fraction of sp³-hybridized carbons (Fsp3) is 0.105. The normalized spacial score (nSPS) is 13.7. The van der Waals surface area contributed by atoms with Gasteiger partial charge in [0.1, 0.15) is 0 Å². The van der Waals surface area contributed by atoms with E-state index >= 15 is 0 Å². The van der Waals surface area contributed by atoms with E-state index < -0.39 is 6.85 Å². The molecule has 2 aromatic heterocycles. The van der Waals surface area contributed by atoms with Gasteiger partial charge in [0.2, 0.25) is 0 Å². The molecule has 1 aliphatic rings. The largest absolute Gasteiger partial charge is 0.305 e. The molecule has 7 rings (SSSR count). The average Bonchev–Trinajstić information content (AvgIpc) is 3.28. The number of pyridine rings is 2. The zero-order valence-corrected chi connectivity index (χ0v) is 25.2. The Balaban J connectivity index is 0.000000171. The van der Waals surface area contributed by atoms with Gasteiger partial charge in [0, 0.05) is 36.6 Å². The van der Waals surface area contributed by atoms with E-state index in [0.717, 1.165) is 22.4 Å². The van der Waals surface area contributed by atoms with Gasteiger partial charge in [-0.15, -0.1) is 64.7 Å². The maximum atomic E-state index is 7.51. The number of benzene rings is 4. The molecule has 1 aliphatic carbocycles. The Labute approximate surface area is 260 Å². The van der Waals surface area contributed by atoms with Crippen molar-refractivity contribution < 1.29 is 24.2 Å². The first-order chi connectivity index (χ1) is 20.7. The van der Waals surface area contributed by atoms with E-state index in [-0.39, 0.29) is 25.5 Å². The molecular weight excluding hydrogens is 677 g/mol. The van der Waals surface area contributed by atoms with Gasteiger partial charge in [0.05, 0.1) is 0 Å². The van der Waals surface area contributed by atoms with E-state index in [0.29, 0.717) is 16.8 Å². The molecule has 2 nitrogen and oxygen atoms in total. The predicted octanol–water partition coefficient (Wildman–Crippen LogP) is 9.38. The molecule has 1 radical (unpaired) electrons. The van der Waals surface area contributed by atoms with E-state index in [4.69, 9.17) is 4.11 Å². The predicted molar refractivity (Wildman–Crippen MR) is 165 cm³/mol. The summed E-state index contributed by atoms with van der Waals surface area (Å²) in [6, 6.07) is 44.1. The standard InChI is InChI=1S/C20H16N.C18H14N.Ir/c1-20(2)17-11-4-3-8-14(17)15-9-7-10-16(19(15)20)18-12-5-6-13-21-18;1-14-6-5-9-17(12-14)18-13-16(10-11-19-18)15-7-3-2-4-8-15;/h3-9,11-13H,1-2H3;2-8,10-13H,1H3;/q2*-1;/i;1D3;. The number of aryl methyl sites for hydroxylation is 1. The van der Waals surface area contributed by atoms with Crippen LogP contribution in [0, 0.1) is 19.0 Å². The molecule has 0 atom stereocenters. The van der Waals surface area contributed by atoms with Crippen molar-refractivity contribution in [1.29, 1.82) is 0 Å². The van der Waals surface area contributed by atoms with Crippen LogP contribution < -0.4 is 0 Å². The SMILES string of the molecule is CC1(C)c2ccccc2-c2cc[c-]c(-c3ccccn3)c21.[2H]C([2H])([2H])c1cc[c-]c(-c2cc(-c3ccccc3)ccn2)c1.[Ir]. The van der Waals surface area contributed by atoms with Crippen molar-refractivity contribution in [2.24, 2.45) is 0 Å². The van der Waals surface area contributed by atoms with Crippen LogP contribution in [0.2, 0.25) is 0 Å². The summed E-state index contributed by atoms with van der Waals surface area (Å²) in [7, 11) is 0. The molecule has 2 heterocycles. The summed E-state index contributed by atoms with van der Waals surface area (Å²) in [4.78, 5) is 8.87. The van der Waals surface area contributed by atoms with Crippen LogP contribution >= 0.6 is 0 Å². The molecule has 0 amide bonds. The van der Waals surface area contributed by atoms with E-state index in [1.54, 1.807) is 24.4 Å². The Bertz CT molecular complexity index is 1880. The van der Waals surface area contributed by atoms with Gasteiger partial charge in [-0.2, -0.15) is 0 Å². The Morgan fingerprint density at radius 1 is 0.659 bits per heavy atom. The molecule has 4 aromatic carbocycles. The van der Waals surface area contributed by atoms with Crippen LogP contribution in [0.1, 0.15) is 34.7 Å². The third kappa shape index (κ3) is 5.70. The Hall–Kier alpha value is -4.17. The molecule has 203 valence electrons. The molecule has 0 bridgehead atoms. The second-order valence-corrected chi connectivity index (χ2v) is 10.3. The molecule has 0 N–H and O–H groups in total. The molecule has 41 heavy (non-hydrogen) atoms. The van der Waals surface area contributed by atoms with Gasteiger partial charge >= 0.3 is 0 Å². The number of aromatic nitrogens is 2. The quantitative estimate of drug-likeness (QED) is 0.171. The molecule has 6 aromatic rings. The van der Waals surface area contributed by atoms with Gasteiger partial charge in [-0.05, 0) is 51.2 Å². The van der Waals surface area contributed by atoms with E-state index in [1.807, 2.05) is 66.9 Å². The third-order valence-corrected chi connectivity index (χ3v) is 7.38. The number of rotatable bonds is 3. The van der Waals surface area contributed by atoms with Crippen LogP contribution in [0.5, 0.6) is 0 Å². The number of nitrogens with zero attached hydrogens (tertiary/aromatic N) is 2. The number of hydrogen-bond acceptors (Lipinski definition) is 2. The summed E-state index contributed by atoms with van der Waals surface area (Å²) in [5.41, 5.74) is 11.3. The Morgan fingerprint density at radius 3 is 2.22 bits per heavy atom. The van der Waals surface area contributed by atoms with Crippen molar-refractivity contribution in [3.05, 3.63) is 156 Å². The van der Waals surface area contributed by atoms with Crippen molar-refractivity contribution >= 4 is 0 Å². The van der Waals surface area contributed by atoms with Gasteiger partial charge in [0.25, 0.3) is 0 Å². The zero-order valence-electron chi connectivity index (χ0n) is 25.9. The molecule has 0 saturated heterocycles. The van der Waals surface area contributed by atoms with Gasteiger partial charge in [0.15, 0.2) is 0 Å². The van der Waals surface area contributed by atoms with Crippen LogP contribution in [-0.4, -0.2) is 9.97 Å². The van der Waals surface area contributed by atoms with Crippen LogP contribution in [0.25, 0.3) is 44.8 Å². The minimum atomic E-state index is -2.12. The average molecular weight is 710 g/mol. The minimum Gasteiger partial charge on any atom is -0.305 e. The molecule has 0 aliphatic heterocycles. The van der Waals surface area contributed by atoms with Gasteiger partial charge < -0.3 is 9.97 Å². The second-order valence-electron chi connectivity index (χ2n) is 10.3. The summed E-state index contributed by atoms with van der Waals surface area (Å²) in [5.74, 6) is 0. The molecule has 0 spiro atoms. The molecule has 0 unspecified atom stereocenters. The van der Waals surface area contributed by atoms with E-state index in [1.165, 1.54) is 22.3 Å². The minimum absolute atomic E-state index is 0. The first-order valence-electron chi connectivity index (χ1n) is 14.8. The summed E-state index contributed by atoms with van der Waals surface area (Å²) >= 11 is 0. The third-order valence-electron chi connectivity index (χ3n) is 7.38. The molecule has 0 fully saturated rings. The van der Waals surface area contributed by atoms with Crippen molar-refractivity contribution in [3.8, 4) is 44.8 Å². The fourth-order valence-corrected chi connectivity index (χ4v) is 5.48. The first kappa shape index (κ1) is 24.6. The number of hydrogen-bond donors (Lipinski definition) is 0. The Kier molecular flexibility index (Phi) is 7.29. The van der Waals surface area contributed by atoms with E-state index in [2.05, 4.69) is 72.3 Å². The van der Waals surface area contributed by atoms with Crippen LogP contribution in [0.3, 0.4) is 0 Å². The maximum absolute atomic E-state index is 7.51. The fourth-order valence-electron chi connectivity index (χ4n) is 5.48. The topological polar surface area (TPSA) is 25.8 Å². The first-order valence-corrected chi connectivity index (χ1v) is 13.3. The molecule has 3 heteroatoms. The van der Waals surface area contributed by atoms with Crippen molar-refractivity contribution in [1.82, 2.24) is 9.97 Å². The van der Waals surface area contributed by atoms with Gasteiger partial charge in [-0.25, -0.2) is 0 Å². The monoisotopic (exact) mass is 710 g/mol. The van der Waals surface area contributed by atoms with Crippen molar-refractivity contribution in [2.75, 3.05) is 0 Å². The van der Waals surface area contributed by atoms with Crippen molar-refractivity contribution in [2.45, 2.75) is 26.1 Å². The summed E-state index contributed by atoms with van der Waals surface area (Å²) in [5, 5.41) is 0. The second kappa shape index (κ2) is 12.1. The smallest absolute Gasteiger partial charge is 0.0263 e. The number of fused-ring (bicyclic) bond motifs is 3. The van der Waals surface area contributed by atoms with E-state index in [9.17, 15) is 0 Å². The summed E-state index contributed by atoms with van der Waals surface area (Å²) < 4.78 is 22.5. The van der Waals surface area contributed by atoms with Crippen LogP contribution in [0.15, 0.2) is 128 Å². The molecular formula is C38H30IrN2-2. The molecule has 0 saturated carbocycles. The maximum Gasteiger partial charge on any atom is 0.0263 e. The van der Waals surface area contributed by atoms with Crippen LogP contribution in [-0.2, 0) is 25.5 Å². The Morgan fingerprint density at radius 2 is 1.41 bits per heavy atom.